The minimum absolute atomic E-state index is 0.154. The Kier molecular flexibility index (Phi) is 5.86. The summed E-state index contributed by atoms with van der Waals surface area (Å²) in [4.78, 5) is 14.1. The monoisotopic (exact) mass is 470 g/mol. The number of rotatable bonds is 2. The Bertz CT molecular complexity index is 1370. The Labute approximate surface area is 185 Å². The van der Waals surface area contributed by atoms with Crippen LogP contribution in [0.25, 0.3) is 22.5 Å². The van der Waals surface area contributed by atoms with E-state index in [0.717, 1.165) is 0 Å². The molecule has 0 unspecified atom stereocenters. The average molecular weight is 470 g/mol. The van der Waals surface area contributed by atoms with Crippen LogP contribution < -0.4 is 0 Å². The second-order valence-corrected chi connectivity index (χ2v) is 6.29. The van der Waals surface area contributed by atoms with Gasteiger partial charge in [-0.1, -0.05) is 0 Å². The second kappa shape index (κ2) is 8.45. The zero-order valence-corrected chi connectivity index (χ0v) is 16.2. The third-order valence-corrected chi connectivity index (χ3v) is 4.29. The number of hydrogen-bond acceptors (Lipinski definition) is 8. The van der Waals surface area contributed by atoms with E-state index < -0.39 is 68.8 Å². The van der Waals surface area contributed by atoms with E-state index in [9.17, 15) is 26.3 Å². The number of halogens is 6. The lowest BCUT2D eigenvalue weighted by molar-refractivity contribution is -0.140. The van der Waals surface area contributed by atoms with E-state index in [4.69, 9.17) is 21.0 Å². The van der Waals surface area contributed by atoms with E-state index in [1.165, 1.54) is 24.3 Å². The van der Waals surface area contributed by atoms with Crippen LogP contribution in [-0.4, -0.2) is 19.9 Å². The summed E-state index contributed by atoms with van der Waals surface area (Å²) in [6, 6.07) is 6.19. The van der Waals surface area contributed by atoms with Crippen molar-refractivity contribution < 1.29 is 26.3 Å². The number of aromatic nitrogens is 4. The normalized spacial score (nSPS) is 11.1. The molecule has 8 nitrogen and oxygen atoms in total. The quantitative estimate of drug-likeness (QED) is 0.508. The molecule has 166 valence electrons. The van der Waals surface area contributed by atoms with Crippen molar-refractivity contribution in [3.8, 4) is 46.8 Å². The average Bonchev–Trinajstić information content (AvgIpc) is 2.81. The Morgan fingerprint density at radius 1 is 0.559 bits per heavy atom. The Hall–Kier alpha value is -5.08. The molecule has 0 spiro atoms. The van der Waals surface area contributed by atoms with E-state index in [1.807, 2.05) is 0 Å². The highest BCUT2D eigenvalue weighted by Gasteiger charge is 2.41. The van der Waals surface area contributed by atoms with Gasteiger partial charge in [0.05, 0.1) is 34.9 Å². The summed E-state index contributed by atoms with van der Waals surface area (Å²) in [5, 5.41) is 35.9. The van der Waals surface area contributed by atoms with E-state index in [-0.39, 0.29) is 12.1 Å². The maximum Gasteiger partial charge on any atom is 0.417 e. The van der Waals surface area contributed by atoms with Gasteiger partial charge in [-0.05, 0) is 12.1 Å². The predicted molar refractivity (Wildman–Crippen MR) is 97.4 cm³/mol. The summed E-state index contributed by atoms with van der Waals surface area (Å²) >= 11 is 0. The van der Waals surface area contributed by atoms with Crippen molar-refractivity contribution in [2.24, 2.45) is 0 Å². The zero-order valence-electron chi connectivity index (χ0n) is 16.2. The molecule has 0 amide bonds. The van der Waals surface area contributed by atoms with Gasteiger partial charge in [0.1, 0.15) is 24.3 Å². The minimum atomic E-state index is -5.20. The molecule has 34 heavy (non-hydrogen) atoms. The Morgan fingerprint density at radius 3 is 1.15 bits per heavy atom. The van der Waals surface area contributed by atoms with Crippen LogP contribution in [-0.2, 0) is 12.4 Å². The standard InChI is InChI=1S/C20H4F6N8/c21-19(22,23)11-1-9(17-7-31-13(3-27)15(5-29)33-17)12(20(24,25)26)2-10(11)18-8-32-14(4-28)16(6-30)34-18/h1-2,7-8H. The first-order chi connectivity index (χ1) is 15.9. The number of benzene rings is 1. The first-order valence-corrected chi connectivity index (χ1v) is 8.62. The van der Waals surface area contributed by atoms with E-state index >= 15 is 0 Å². The van der Waals surface area contributed by atoms with E-state index in [1.54, 1.807) is 0 Å². The fraction of sp³-hybridized carbons (Fsp3) is 0.100. The number of nitrogens with zero attached hydrogens (tertiary/aromatic N) is 8. The Morgan fingerprint density at radius 2 is 0.882 bits per heavy atom. The number of hydrogen-bond donors (Lipinski definition) is 0. The summed E-state index contributed by atoms with van der Waals surface area (Å²) in [7, 11) is 0. The second-order valence-electron chi connectivity index (χ2n) is 6.29. The third kappa shape index (κ3) is 4.29. The van der Waals surface area contributed by atoms with Crippen molar-refractivity contribution in [1.82, 2.24) is 19.9 Å². The van der Waals surface area contributed by atoms with Gasteiger partial charge in [0, 0.05) is 11.1 Å². The van der Waals surface area contributed by atoms with Crippen molar-refractivity contribution in [3.63, 3.8) is 0 Å². The fourth-order valence-electron chi connectivity index (χ4n) is 2.85. The summed E-state index contributed by atoms with van der Waals surface area (Å²) < 4.78 is 83.2. The summed E-state index contributed by atoms with van der Waals surface area (Å²) in [6.45, 7) is 0. The minimum Gasteiger partial charge on any atom is -0.240 e. The van der Waals surface area contributed by atoms with Crippen LogP contribution in [0, 0.1) is 45.3 Å². The van der Waals surface area contributed by atoms with Crippen molar-refractivity contribution in [1.29, 1.82) is 21.0 Å². The molecule has 1 aromatic carbocycles. The highest BCUT2D eigenvalue weighted by molar-refractivity contribution is 5.75. The van der Waals surface area contributed by atoms with Crippen molar-refractivity contribution in [3.05, 3.63) is 58.4 Å². The van der Waals surface area contributed by atoms with E-state index in [2.05, 4.69) is 19.9 Å². The van der Waals surface area contributed by atoms with Crippen LogP contribution in [0.1, 0.15) is 33.9 Å². The maximum absolute atomic E-state index is 13.9. The molecule has 0 aliphatic carbocycles. The molecule has 0 fully saturated rings. The van der Waals surface area contributed by atoms with Crippen molar-refractivity contribution in [2.75, 3.05) is 0 Å². The molecule has 0 saturated carbocycles. The molecule has 2 heterocycles. The molecule has 0 aliphatic rings. The fourth-order valence-corrected chi connectivity index (χ4v) is 2.85. The van der Waals surface area contributed by atoms with Crippen LogP contribution in [0.5, 0.6) is 0 Å². The molecular weight excluding hydrogens is 466 g/mol. The molecule has 0 aliphatic heterocycles. The van der Waals surface area contributed by atoms with Gasteiger partial charge >= 0.3 is 12.4 Å². The zero-order chi connectivity index (χ0) is 25.3. The molecule has 0 bridgehead atoms. The third-order valence-electron chi connectivity index (χ3n) is 4.29. The molecule has 0 N–H and O–H groups in total. The smallest absolute Gasteiger partial charge is 0.240 e. The molecule has 0 saturated heterocycles. The first-order valence-electron chi connectivity index (χ1n) is 8.62. The lowest BCUT2D eigenvalue weighted by atomic mass is 9.94. The van der Waals surface area contributed by atoms with Gasteiger partial charge in [0.2, 0.25) is 0 Å². The van der Waals surface area contributed by atoms with Crippen LogP contribution in [0.3, 0.4) is 0 Å². The molecule has 0 atom stereocenters. The molecule has 0 radical (unpaired) electrons. The van der Waals surface area contributed by atoms with E-state index in [0.29, 0.717) is 12.4 Å². The summed E-state index contributed by atoms with van der Waals surface area (Å²) in [6.07, 6.45) is -9.12. The summed E-state index contributed by atoms with van der Waals surface area (Å²) in [5.41, 5.74) is -9.14. The highest BCUT2D eigenvalue weighted by Crippen LogP contribution is 2.44. The molecule has 14 heteroatoms. The van der Waals surface area contributed by atoms with Crippen molar-refractivity contribution >= 4 is 0 Å². The molecule has 3 aromatic rings. The van der Waals surface area contributed by atoms with Crippen LogP contribution >= 0.6 is 0 Å². The van der Waals surface area contributed by atoms with Gasteiger partial charge in [-0.3, -0.25) is 0 Å². The Balaban J connectivity index is 2.42. The van der Waals surface area contributed by atoms with Gasteiger partial charge in [0.25, 0.3) is 0 Å². The van der Waals surface area contributed by atoms with Crippen LogP contribution in [0.15, 0.2) is 24.5 Å². The topological polar surface area (TPSA) is 147 Å². The van der Waals surface area contributed by atoms with Gasteiger partial charge in [-0.25, -0.2) is 19.9 Å². The molecule has 3 rings (SSSR count). The molecule has 2 aromatic heterocycles. The lowest BCUT2D eigenvalue weighted by Crippen LogP contribution is -2.14. The highest BCUT2D eigenvalue weighted by atomic mass is 19.4. The van der Waals surface area contributed by atoms with Crippen LogP contribution in [0.2, 0.25) is 0 Å². The molecular formula is C20H4F6N8. The summed E-state index contributed by atoms with van der Waals surface area (Å²) in [5.74, 6) is 0. The van der Waals surface area contributed by atoms with Gasteiger partial charge in [-0.2, -0.15) is 47.4 Å². The largest absolute Gasteiger partial charge is 0.417 e. The predicted octanol–water partition coefficient (Wildman–Crippen LogP) is 4.12. The number of alkyl halides is 6. The maximum atomic E-state index is 13.9. The lowest BCUT2D eigenvalue weighted by Gasteiger charge is -2.19. The van der Waals surface area contributed by atoms with Crippen LogP contribution in [0.4, 0.5) is 26.3 Å². The first kappa shape index (κ1) is 23.6. The van der Waals surface area contributed by atoms with Gasteiger partial charge in [-0.15, -0.1) is 0 Å². The van der Waals surface area contributed by atoms with Gasteiger partial charge < -0.3 is 0 Å². The van der Waals surface area contributed by atoms with Gasteiger partial charge in [0.15, 0.2) is 22.8 Å². The van der Waals surface area contributed by atoms with Crippen molar-refractivity contribution in [2.45, 2.75) is 12.4 Å². The SMILES string of the molecule is N#Cc1ncc(-c2cc(C(F)(F)F)c(-c3cnc(C#N)c(C#N)n3)cc2C(F)(F)F)nc1C#N. The number of nitriles is 4.